The van der Waals surface area contributed by atoms with Crippen LogP contribution in [0.2, 0.25) is 0 Å². The van der Waals surface area contributed by atoms with Crippen molar-refractivity contribution < 1.29 is 51.8 Å². The number of esters is 2. The molecule has 2 aromatic carbocycles. The van der Waals surface area contributed by atoms with Gasteiger partial charge in [-0.3, -0.25) is 23.2 Å². The van der Waals surface area contributed by atoms with Crippen LogP contribution in [-0.4, -0.2) is 78.3 Å². The Kier molecular flexibility index (Phi) is 12.8. The number of amides is 3. The number of carbonyl (C=O) groups excluding carboxylic acids is 5. The van der Waals surface area contributed by atoms with Gasteiger partial charge in [0.1, 0.15) is 23.5 Å². The first-order chi connectivity index (χ1) is 25.3. The van der Waals surface area contributed by atoms with Crippen LogP contribution in [-0.2, 0) is 37.4 Å². The summed E-state index contributed by atoms with van der Waals surface area (Å²) in [5, 5.41) is 3.89. The normalized spacial score (nSPS) is 22.0. The molecule has 2 N–H and O–H groups in total. The molecule has 286 valence electrons. The fourth-order valence-electron chi connectivity index (χ4n) is 6.69. The van der Waals surface area contributed by atoms with Gasteiger partial charge in [-0.2, -0.15) is 0 Å². The summed E-state index contributed by atoms with van der Waals surface area (Å²) in [4.78, 5) is 67.8. The van der Waals surface area contributed by atoms with Crippen molar-refractivity contribution in [2.45, 2.75) is 89.2 Å². The van der Waals surface area contributed by atoms with E-state index in [9.17, 15) is 28.5 Å². The maximum atomic E-state index is 14.7. The van der Waals surface area contributed by atoms with Crippen LogP contribution in [0.3, 0.4) is 0 Å². The first-order valence-electron chi connectivity index (χ1n) is 17.8. The van der Waals surface area contributed by atoms with Crippen molar-refractivity contribution in [1.82, 2.24) is 15.5 Å². The molecule has 15 heteroatoms. The molecule has 0 radical (unpaired) electrons. The Morgan fingerprint density at radius 2 is 1.43 bits per heavy atom. The van der Waals surface area contributed by atoms with Gasteiger partial charge in [0.25, 0.3) is 0 Å². The Hall–Kier alpha value is -4.52. The standard InChI is InChI=1S/C38H48N3O11P/c1-5-28-23-38(28,40-32(42)30-21-14-22-41(30)33(43)31(37(2,3)4)39-36(46)52-29-19-12-13-20-29)53(47,50-24-48-34(44)26-15-8-6-9-16-26)51-25-49-35(45)27-17-10-7-11-18-27/h5-11,15-18,28-31H,1,12-14,19-25H2,2-4H3,(H,39,46)(H,40,42)/t28?,30?,31?,38-/m0/s1. The summed E-state index contributed by atoms with van der Waals surface area (Å²) in [6.45, 7) is 7.86. The van der Waals surface area contributed by atoms with E-state index in [4.69, 9.17) is 23.3 Å². The summed E-state index contributed by atoms with van der Waals surface area (Å²) >= 11 is 0. The van der Waals surface area contributed by atoms with E-state index in [0.29, 0.717) is 12.8 Å². The number of likely N-dealkylation sites (tertiary alicyclic amines) is 1. The quantitative estimate of drug-likeness (QED) is 0.0725. The molecule has 1 saturated heterocycles. The maximum Gasteiger partial charge on any atom is 0.408 e. The van der Waals surface area contributed by atoms with Crippen LogP contribution in [0, 0.1) is 11.3 Å². The van der Waals surface area contributed by atoms with Crippen LogP contribution in [0.4, 0.5) is 4.79 Å². The van der Waals surface area contributed by atoms with E-state index in [1.807, 2.05) is 20.8 Å². The van der Waals surface area contributed by atoms with Crippen molar-refractivity contribution in [1.29, 1.82) is 0 Å². The van der Waals surface area contributed by atoms with Crippen molar-refractivity contribution in [3.05, 3.63) is 84.4 Å². The second kappa shape index (κ2) is 17.1. The van der Waals surface area contributed by atoms with E-state index in [-0.39, 0.29) is 30.2 Å². The van der Waals surface area contributed by atoms with E-state index in [0.717, 1.165) is 25.7 Å². The average molecular weight is 754 g/mol. The third kappa shape index (κ3) is 9.54. The summed E-state index contributed by atoms with van der Waals surface area (Å²) in [5.41, 5.74) is -0.280. The maximum absolute atomic E-state index is 14.7. The van der Waals surface area contributed by atoms with Crippen LogP contribution in [0.5, 0.6) is 0 Å². The smallest absolute Gasteiger partial charge is 0.408 e. The van der Waals surface area contributed by atoms with Gasteiger partial charge in [0.2, 0.25) is 25.4 Å². The Bertz CT molecular complexity index is 1630. The minimum Gasteiger partial charge on any atom is -0.446 e. The van der Waals surface area contributed by atoms with Crippen LogP contribution < -0.4 is 10.6 Å². The zero-order chi connectivity index (χ0) is 38.2. The van der Waals surface area contributed by atoms with Crippen molar-refractivity contribution in [3.8, 4) is 0 Å². The predicted octanol–water partition coefficient (Wildman–Crippen LogP) is 5.93. The number of carbonyl (C=O) groups is 5. The molecule has 3 aliphatic rings. The molecule has 14 nitrogen and oxygen atoms in total. The number of nitrogens with zero attached hydrogens (tertiary/aromatic N) is 1. The lowest BCUT2D eigenvalue weighted by molar-refractivity contribution is -0.142. The highest BCUT2D eigenvalue weighted by molar-refractivity contribution is 7.56. The van der Waals surface area contributed by atoms with Crippen LogP contribution >= 0.6 is 7.60 Å². The van der Waals surface area contributed by atoms with Gasteiger partial charge in [-0.1, -0.05) is 63.2 Å². The Morgan fingerprint density at radius 3 is 1.92 bits per heavy atom. The molecule has 2 aliphatic carbocycles. The van der Waals surface area contributed by atoms with Gasteiger partial charge in [-0.15, -0.1) is 6.58 Å². The molecule has 0 aromatic heterocycles. The second-order valence-corrected chi connectivity index (χ2v) is 16.8. The molecule has 0 bridgehead atoms. The van der Waals surface area contributed by atoms with Crippen molar-refractivity contribution in [2.24, 2.45) is 11.3 Å². The van der Waals surface area contributed by atoms with E-state index in [2.05, 4.69) is 17.2 Å². The molecule has 0 spiro atoms. The molecule has 3 unspecified atom stereocenters. The highest BCUT2D eigenvalue weighted by atomic mass is 31.2. The summed E-state index contributed by atoms with van der Waals surface area (Å²) in [7, 11) is -4.53. The molecule has 3 fully saturated rings. The zero-order valence-corrected chi connectivity index (χ0v) is 31.2. The number of rotatable bonds is 15. The lowest BCUT2D eigenvalue weighted by Crippen LogP contribution is -2.58. The van der Waals surface area contributed by atoms with Crippen molar-refractivity contribution in [2.75, 3.05) is 20.1 Å². The Morgan fingerprint density at radius 1 is 0.887 bits per heavy atom. The van der Waals surface area contributed by atoms with Crippen LogP contribution in [0.15, 0.2) is 73.3 Å². The van der Waals surface area contributed by atoms with Crippen LogP contribution in [0.1, 0.15) is 86.4 Å². The second-order valence-electron chi connectivity index (χ2n) is 14.5. The summed E-state index contributed by atoms with van der Waals surface area (Å²) < 4.78 is 42.2. The Labute approximate surface area is 309 Å². The number of ether oxygens (including phenoxy) is 3. The van der Waals surface area contributed by atoms with Crippen molar-refractivity contribution >= 4 is 37.4 Å². The first kappa shape index (κ1) is 39.7. The fraction of sp³-hybridized carbons (Fsp3) is 0.500. The SMILES string of the molecule is C=CC1C[C@]1(NC(=O)C1CCCN1C(=O)C(NC(=O)OC1CCCC1)C(C)(C)C)P(=O)(OCOC(=O)c1ccccc1)OCOC(=O)c1ccccc1. The van der Waals surface area contributed by atoms with E-state index < -0.39 is 79.7 Å². The minimum atomic E-state index is -4.53. The molecular formula is C38H48N3O11P. The average Bonchev–Trinajstić information content (AvgIpc) is 3.43. The number of hydrogen-bond donors (Lipinski definition) is 2. The Balaban J connectivity index is 1.32. The van der Waals surface area contributed by atoms with Crippen molar-refractivity contribution in [3.63, 3.8) is 0 Å². The molecule has 53 heavy (non-hydrogen) atoms. The van der Waals surface area contributed by atoms with Gasteiger partial charge in [0, 0.05) is 12.5 Å². The molecule has 2 aromatic rings. The fourth-order valence-corrected chi connectivity index (χ4v) is 8.78. The highest BCUT2D eigenvalue weighted by Gasteiger charge is 2.69. The third-order valence-electron chi connectivity index (χ3n) is 9.73. The lowest BCUT2D eigenvalue weighted by Gasteiger charge is -2.36. The summed E-state index contributed by atoms with van der Waals surface area (Å²) in [6, 6.07) is 14.2. The largest absolute Gasteiger partial charge is 0.446 e. The van der Waals surface area contributed by atoms with Gasteiger partial charge in [-0.05, 0) is 74.6 Å². The number of benzene rings is 2. The summed E-state index contributed by atoms with van der Waals surface area (Å²) in [5.74, 6) is -3.21. The van der Waals surface area contributed by atoms with Gasteiger partial charge in [0.15, 0.2) is 0 Å². The minimum absolute atomic E-state index is 0.0681. The molecular weight excluding hydrogens is 705 g/mol. The van der Waals surface area contributed by atoms with Crippen LogP contribution in [0.25, 0.3) is 0 Å². The van der Waals surface area contributed by atoms with E-state index >= 15 is 0 Å². The third-order valence-corrected chi connectivity index (χ3v) is 12.2. The topological polar surface area (TPSA) is 176 Å². The highest BCUT2D eigenvalue weighted by Crippen LogP contribution is 2.73. The van der Waals surface area contributed by atoms with Gasteiger partial charge < -0.3 is 29.7 Å². The van der Waals surface area contributed by atoms with Gasteiger partial charge in [-0.25, -0.2) is 14.4 Å². The molecule has 5 rings (SSSR count). The molecule has 4 atom stereocenters. The van der Waals surface area contributed by atoms with E-state index in [1.54, 1.807) is 36.4 Å². The summed E-state index contributed by atoms with van der Waals surface area (Å²) in [6.07, 6.45) is 4.94. The van der Waals surface area contributed by atoms with Gasteiger partial charge in [0.05, 0.1) is 11.1 Å². The molecule has 1 heterocycles. The van der Waals surface area contributed by atoms with Gasteiger partial charge >= 0.3 is 25.6 Å². The first-order valence-corrected chi connectivity index (χ1v) is 19.4. The number of hydrogen-bond acceptors (Lipinski definition) is 11. The lowest BCUT2D eigenvalue weighted by atomic mass is 9.85. The predicted molar refractivity (Wildman–Crippen MR) is 192 cm³/mol. The molecule has 1 aliphatic heterocycles. The number of nitrogens with one attached hydrogen (secondary N) is 2. The van der Waals surface area contributed by atoms with E-state index in [1.165, 1.54) is 35.2 Å². The zero-order valence-electron chi connectivity index (χ0n) is 30.3. The molecule has 2 saturated carbocycles. The molecule has 3 amide bonds. The monoisotopic (exact) mass is 753 g/mol. The number of alkyl carbamates (subject to hydrolysis) is 1.